The van der Waals surface area contributed by atoms with Crippen LogP contribution in [0.1, 0.15) is 11.1 Å². The van der Waals surface area contributed by atoms with E-state index in [9.17, 15) is 9.90 Å². The van der Waals surface area contributed by atoms with Gasteiger partial charge < -0.3 is 14.9 Å². The Hall–Kier alpha value is -2.11. The average molecular weight is 349 g/mol. The van der Waals surface area contributed by atoms with Gasteiger partial charge in [0.2, 0.25) is 0 Å². The zero-order valence-electron chi connectivity index (χ0n) is 11.0. The van der Waals surface area contributed by atoms with Gasteiger partial charge in [-0.05, 0) is 24.3 Å². The molecule has 2 N–H and O–H groups in total. The van der Waals surface area contributed by atoms with Gasteiger partial charge in [0.1, 0.15) is 11.5 Å². The number of rotatable bonds is 5. The van der Waals surface area contributed by atoms with E-state index in [0.717, 1.165) is 10.5 Å². The highest BCUT2D eigenvalue weighted by Crippen LogP contribution is 2.31. The van der Waals surface area contributed by atoms with E-state index in [0.29, 0.717) is 22.6 Å². The molecular weight excluding hydrogens is 336 g/mol. The third-order valence-electron chi connectivity index (χ3n) is 2.74. The molecule has 5 heteroatoms. The first-order valence-electron chi connectivity index (χ1n) is 6.17. The molecule has 2 aromatic carbocycles. The molecule has 0 aliphatic carbocycles. The largest absolute Gasteiger partial charge is 0.478 e. The normalized spacial score (nSPS) is 10.8. The van der Waals surface area contributed by atoms with E-state index in [-0.39, 0.29) is 6.61 Å². The van der Waals surface area contributed by atoms with Gasteiger partial charge in [-0.1, -0.05) is 40.2 Å². The Morgan fingerprint density at radius 2 is 1.95 bits per heavy atom. The standard InChI is InChI=1S/C16H13BrO4/c17-13-7-5-11(6-8-16(19)20)15(9-13)21-14-4-2-1-3-12(14)10-18/h1-9,18H,10H2,(H,19,20). The van der Waals surface area contributed by atoms with Crippen LogP contribution in [0.25, 0.3) is 6.08 Å². The van der Waals surface area contributed by atoms with Crippen molar-refractivity contribution in [1.82, 2.24) is 0 Å². The zero-order valence-corrected chi connectivity index (χ0v) is 12.6. The van der Waals surface area contributed by atoms with E-state index in [2.05, 4.69) is 15.9 Å². The topological polar surface area (TPSA) is 66.8 Å². The van der Waals surface area contributed by atoms with E-state index >= 15 is 0 Å². The molecule has 0 saturated heterocycles. The lowest BCUT2D eigenvalue weighted by Crippen LogP contribution is -1.93. The van der Waals surface area contributed by atoms with Gasteiger partial charge in [-0.25, -0.2) is 4.79 Å². The molecule has 21 heavy (non-hydrogen) atoms. The van der Waals surface area contributed by atoms with Gasteiger partial charge in [0.05, 0.1) is 6.61 Å². The first-order valence-corrected chi connectivity index (χ1v) is 6.96. The maximum absolute atomic E-state index is 10.6. The Kier molecular flexibility index (Phi) is 5.14. The summed E-state index contributed by atoms with van der Waals surface area (Å²) in [5.74, 6) is 0.00507. The molecule has 2 aromatic rings. The second kappa shape index (κ2) is 7.06. The third kappa shape index (κ3) is 4.18. The fraction of sp³-hybridized carbons (Fsp3) is 0.0625. The molecule has 0 unspecified atom stereocenters. The highest BCUT2D eigenvalue weighted by atomic mass is 79.9. The van der Waals surface area contributed by atoms with E-state index in [1.165, 1.54) is 6.08 Å². The van der Waals surface area contributed by atoms with Crippen molar-refractivity contribution in [3.8, 4) is 11.5 Å². The summed E-state index contributed by atoms with van der Waals surface area (Å²) in [4.78, 5) is 10.6. The minimum absolute atomic E-state index is 0.134. The number of aliphatic hydroxyl groups is 1. The number of hydrogen-bond donors (Lipinski definition) is 2. The number of carboxylic acids is 1. The van der Waals surface area contributed by atoms with E-state index in [1.807, 2.05) is 6.07 Å². The molecule has 0 aromatic heterocycles. The molecule has 0 bridgehead atoms. The van der Waals surface area contributed by atoms with Crippen LogP contribution in [0.4, 0.5) is 0 Å². The molecule has 0 atom stereocenters. The van der Waals surface area contributed by atoms with Crippen LogP contribution in [0.3, 0.4) is 0 Å². The molecule has 0 saturated carbocycles. The third-order valence-corrected chi connectivity index (χ3v) is 3.24. The molecular formula is C16H13BrO4. The number of para-hydroxylation sites is 1. The number of halogens is 1. The number of aliphatic carboxylic acids is 1. The highest BCUT2D eigenvalue weighted by Gasteiger charge is 2.07. The van der Waals surface area contributed by atoms with Gasteiger partial charge in [0.25, 0.3) is 0 Å². The summed E-state index contributed by atoms with van der Waals surface area (Å²) < 4.78 is 6.62. The van der Waals surface area contributed by atoms with Crippen molar-refractivity contribution in [3.63, 3.8) is 0 Å². The Morgan fingerprint density at radius 1 is 1.19 bits per heavy atom. The van der Waals surface area contributed by atoms with Crippen LogP contribution in [-0.4, -0.2) is 16.2 Å². The molecule has 0 radical (unpaired) electrons. The van der Waals surface area contributed by atoms with Gasteiger partial charge in [-0.3, -0.25) is 0 Å². The predicted molar refractivity (Wildman–Crippen MR) is 83.3 cm³/mol. The zero-order chi connectivity index (χ0) is 15.2. The number of carboxylic acid groups (broad SMARTS) is 1. The second-order valence-corrected chi connectivity index (χ2v) is 5.14. The van der Waals surface area contributed by atoms with E-state index in [4.69, 9.17) is 9.84 Å². The van der Waals surface area contributed by atoms with Gasteiger partial charge >= 0.3 is 5.97 Å². The highest BCUT2D eigenvalue weighted by molar-refractivity contribution is 9.10. The quantitative estimate of drug-likeness (QED) is 0.805. The van der Waals surface area contributed by atoms with Crippen molar-refractivity contribution in [3.05, 3.63) is 64.1 Å². The van der Waals surface area contributed by atoms with Crippen LogP contribution in [-0.2, 0) is 11.4 Å². The van der Waals surface area contributed by atoms with Crippen LogP contribution >= 0.6 is 15.9 Å². The Labute approximate surface area is 130 Å². The summed E-state index contributed by atoms with van der Waals surface area (Å²) >= 11 is 3.36. The first-order chi connectivity index (χ1) is 10.1. The summed E-state index contributed by atoms with van der Waals surface area (Å²) in [6.07, 6.45) is 2.51. The maximum atomic E-state index is 10.6. The first kappa shape index (κ1) is 15.3. The summed E-state index contributed by atoms with van der Waals surface area (Å²) in [7, 11) is 0. The van der Waals surface area contributed by atoms with Crippen molar-refractivity contribution >= 4 is 28.0 Å². The van der Waals surface area contributed by atoms with Crippen LogP contribution in [0.2, 0.25) is 0 Å². The van der Waals surface area contributed by atoms with Gasteiger partial charge in [-0.15, -0.1) is 0 Å². The Balaban J connectivity index is 2.38. The number of carbonyl (C=O) groups is 1. The molecule has 108 valence electrons. The Morgan fingerprint density at radius 3 is 2.67 bits per heavy atom. The predicted octanol–water partition coefficient (Wildman–Crippen LogP) is 3.83. The average Bonchev–Trinajstić information content (AvgIpc) is 2.47. The van der Waals surface area contributed by atoms with Crippen molar-refractivity contribution in [2.24, 2.45) is 0 Å². The van der Waals surface area contributed by atoms with E-state index in [1.54, 1.807) is 36.4 Å². The lowest BCUT2D eigenvalue weighted by atomic mass is 10.1. The second-order valence-electron chi connectivity index (χ2n) is 4.22. The fourth-order valence-corrected chi connectivity index (χ4v) is 2.09. The molecule has 4 nitrogen and oxygen atoms in total. The molecule has 0 heterocycles. The number of benzene rings is 2. The van der Waals surface area contributed by atoms with E-state index < -0.39 is 5.97 Å². The van der Waals surface area contributed by atoms with Crippen molar-refractivity contribution < 1.29 is 19.7 Å². The van der Waals surface area contributed by atoms with Crippen LogP contribution in [0, 0.1) is 0 Å². The summed E-state index contributed by atoms with van der Waals surface area (Å²) in [6, 6.07) is 12.4. The SMILES string of the molecule is O=C(O)C=Cc1ccc(Br)cc1Oc1ccccc1CO. The lowest BCUT2D eigenvalue weighted by Gasteiger charge is -2.12. The summed E-state index contributed by atoms with van der Waals surface area (Å²) in [5.41, 5.74) is 1.29. The fourth-order valence-electron chi connectivity index (χ4n) is 1.75. The maximum Gasteiger partial charge on any atom is 0.328 e. The summed E-state index contributed by atoms with van der Waals surface area (Å²) in [5, 5.41) is 18.0. The number of ether oxygens (including phenoxy) is 1. The molecule has 0 aliphatic heterocycles. The molecule has 0 spiro atoms. The van der Waals surface area contributed by atoms with Crippen molar-refractivity contribution in [2.45, 2.75) is 6.61 Å². The Bertz CT molecular complexity index is 680. The minimum Gasteiger partial charge on any atom is -0.478 e. The van der Waals surface area contributed by atoms with Crippen molar-refractivity contribution in [1.29, 1.82) is 0 Å². The number of aliphatic hydroxyl groups excluding tert-OH is 1. The van der Waals surface area contributed by atoms with Gasteiger partial charge in [-0.2, -0.15) is 0 Å². The van der Waals surface area contributed by atoms with Crippen LogP contribution < -0.4 is 4.74 Å². The molecule has 2 rings (SSSR count). The molecule has 0 fully saturated rings. The van der Waals surface area contributed by atoms with Crippen LogP contribution in [0.15, 0.2) is 53.0 Å². The monoisotopic (exact) mass is 348 g/mol. The van der Waals surface area contributed by atoms with Gasteiger partial charge in [0.15, 0.2) is 0 Å². The number of hydrogen-bond acceptors (Lipinski definition) is 3. The lowest BCUT2D eigenvalue weighted by molar-refractivity contribution is -0.131. The smallest absolute Gasteiger partial charge is 0.328 e. The molecule has 0 aliphatic rings. The van der Waals surface area contributed by atoms with Gasteiger partial charge in [0, 0.05) is 21.7 Å². The summed E-state index contributed by atoms with van der Waals surface area (Å²) in [6.45, 7) is -0.134. The minimum atomic E-state index is -1.03. The van der Waals surface area contributed by atoms with Crippen LogP contribution in [0.5, 0.6) is 11.5 Å². The van der Waals surface area contributed by atoms with Crippen molar-refractivity contribution in [2.75, 3.05) is 0 Å². The molecule has 0 amide bonds.